The predicted octanol–water partition coefficient (Wildman–Crippen LogP) is 1.77. The van der Waals surface area contributed by atoms with E-state index in [1.807, 2.05) is 30.3 Å². The molecule has 0 radical (unpaired) electrons. The molecule has 4 heteroatoms. The third kappa shape index (κ3) is 6.18. The number of hydrogen-bond donors (Lipinski definition) is 1. The van der Waals surface area contributed by atoms with Crippen molar-refractivity contribution >= 4 is 11.8 Å². The Morgan fingerprint density at radius 3 is 2.55 bits per heavy atom. The van der Waals surface area contributed by atoms with Crippen LogP contribution >= 0.6 is 0 Å². The van der Waals surface area contributed by atoms with Gasteiger partial charge >= 0.3 is 0 Å². The molecule has 1 N–H and O–H groups in total. The topological polar surface area (TPSA) is 49.4 Å². The second-order valence-corrected chi connectivity index (χ2v) is 4.58. The van der Waals surface area contributed by atoms with Crippen LogP contribution in [0.1, 0.15) is 18.9 Å². The monoisotopic (exact) mass is 274 g/mol. The second-order valence-electron chi connectivity index (χ2n) is 4.58. The van der Waals surface area contributed by atoms with Gasteiger partial charge in [-0.05, 0) is 12.0 Å². The molecule has 0 bridgehead atoms. The standard InChI is InChI=1S/C16H22N2O2/c1-3-11-17-16(20)10-13-18(14(2)19)12-9-15-7-5-4-6-8-15/h3-8H,1,9-13H2,2H3,(H,17,20). The normalized spacial score (nSPS) is 9.85. The zero-order chi connectivity index (χ0) is 14.8. The van der Waals surface area contributed by atoms with Gasteiger partial charge in [-0.3, -0.25) is 9.59 Å². The van der Waals surface area contributed by atoms with Crippen LogP contribution in [0.5, 0.6) is 0 Å². The molecule has 0 heterocycles. The van der Waals surface area contributed by atoms with E-state index in [1.54, 1.807) is 11.0 Å². The highest BCUT2D eigenvalue weighted by Gasteiger charge is 2.10. The van der Waals surface area contributed by atoms with Gasteiger partial charge in [0.25, 0.3) is 0 Å². The van der Waals surface area contributed by atoms with Gasteiger partial charge in [0.2, 0.25) is 11.8 Å². The van der Waals surface area contributed by atoms with Crippen LogP contribution in [0.15, 0.2) is 43.0 Å². The first-order chi connectivity index (χ1) is 9.63. The largest absolute Gasteiger partial charge is 0.353 e. The van der Waals surface area contributed by atoms with E-state index in [0.717, 1.165) is 6.42 Å². The van der Waals surface area contributed by atoms with E-state index < -0.39 is 0 Å². The number of benzene rings is 1. The molecule has 0 saturated heterocycles. The SMILES string of the molecule is C=CCNC(=O)CCN(CCc1ccccc1)C(C)=O. The highest BCUT2D eigenvalue weighted by Crippen LogP contribution is 2.02. The molecule has 0 unspecified atom stereocenters. The summed E-state index contributed by atoms with van der Waals surface area (Å²) in [5.41, 5.74) is 1.19. The lowest BCUT2D eigenvalue weighted by molar-refractivity contribution is -0.129. The van der Waals surface area contributed by atoms with Crippen molar-refractivity contribution < 1.29 is 9.59 Å². The summed E-state index contributed by atoms with van der Waals surface area (Å²) in [5, 5.41) is 2.71. The summed E-state index contributed by atoms with van der Waals surface area (Å²) in [6, 6.07) is 10.0. The number of hydrogen-bond acceptors (Lipinski definition) is 2. The molecule has 0 aliphatic carbocycles. The number of nitrogens with one attached hydrogen (secondary N) is 1. The predicted molar refractivity (Wildman–Crippen MR) is 80.2 cm³/mol. The molecule has 0 spiro atoms. The Labute approximate surface area is 120 Å². The molecule has 1 aromatic carbocycles. The second kappa shape index (κ2) is 8.91. The Hall–Kier alpha value is -2.10. The molecular formula is C16H22N2O2. The zero-order valence-corrected chi connectivity index (χ0v) is 12.0. The lowest BCUT2D eigenvalue weighted by atomic mass is 10.1. The maximum atomic E-state index is 11.6. The number of rotatable bonds is 8. The van der Waals surface area contributed by atoms with Crippen LogP contribution in [0.4, 0.5) is 0 Å². The van der Waals surface area contributed by atoms with Gasteiger partial charge in [-0.15, -0.1) is 6.58 Å². The van der Waals surface area contributed by atoms with Crippen LogP contribution in [-0.2, 0) is 16.0 Å². The van der Waals surface area contributed by atoms with E-state index in [2.05, 4.69) is 11.9 Å². The Balaban J connectivity index is 2.39. The van der Waals surface area contributed by atoms with Crippen molar-refractivity contribution in [3.63, 3.8) is 0 Å². The smallest absolute Gasteiger partial charge is 0.222 e. The summed E-state index contributed by atoms with van der Waals surface area (Å²) >= 11 is 0. The third-order valence-electron chi connectivity index (χ3n) is 3.01. The summed E-state index contributed by atoms with van der Waals surface area (Å²) in [7, 11) is 0. The van der Waals surface area contributed by atoms with Gasteiger partial charge in [0, 0.05) is 33.0 Å². The summed E-state index contributed by atoms with van der Waals surface area (Å²) in [6.07, 6.45) is 2.76. The summed E-state index contributed by atoms with van der Waals surface area (Å²) in [5.74, 6) is -0.0617. The van der Waals surface area contributed by atoms with Crippen LogP contribution < -0.4 is 5.32 Å². The molecule has 1 rings (SSSR count). The summed E-state index contributed by atoms with van der Waals surface area (Å²) in [6.45, 7) is 6.62. The summed E-state index contributed by atoms with van der Waals surface area (Å²) < 4.78 is 0. The van der Waals surface area contributed by atoms with Gasteiger partial charge in [-0.1, -0.05) is 36.4 Å². The molecule has 0 aliphatic heterocycles. The van der Waals surface area contributed by atoms with Gasteiger partial charge < -0.3 is 10.2 Å². The average molecular weight is 274 g/mol. The van der Waals surface area contributed by atoms with Crippen LogP contribution in [0, 0.1) is 0 Å². The van der Waals surface area contributed by atoms with Crippen molar-refractivity contribution in [1.29, 1.82) is 0 Å². The van der Waals surface area contributed by atoms with Gasteiger partial charge in [-0.25, -0.2) is 0 Å². The summed E-state index contributed by atoms with van der Waals surface area (Å²) in [4.78, 5) is 24.8. The first-order valence-electron chi connectivity index (χ1n) is 6.80. The third-order valence-corrected chi connectivity index (χ3v) is 3.01. The van der Waals surface area contributed by atoms with Crippen molar-refractivity contribution in [3.8, 4) is 0 Å². The van der Waals surface area contributed by atoms with Gasteiger partial charge in [-0.2, -0.15) is 0 Å². The average Bonchev–Trinajstić information content (AvgIpc) is 2.45. The minimum absolute atomic E-state index is 0.00236. The Bertz CT molecular complexity index is 443. The van der Waals surface area contributed by atoms with Crippen LogP contribution in [0.3, 0.4) is 0 Å². The van der Waals surface area contributed by atoms with Crippen molar-refractivity contribution in [1.82, 2.24) is 10.2 Å². The van der Waals surface area contributed by atoms with E-state index in [0.29, 0.717) is 26.1 Å². The number of carbonyl (C=O) groups excluding carboxylic acids is 2. The molecule has 0 aliphatic rings. The fourth-order valence-corrected chi connectivity index (χ4v) is 1.85. The van der Waals surface area contributed by atoms with E-state index in [4.69, 9.17) is 0 Å². The van der Waals surface area contributed by atoms with Crippen molar-refractivity contribution in [2.24, 2.45) is 0 Å². The lowest BCUT2D eigenvalue weighted by Gasteiger charge is -2.20. The Kier molecular flexibility index (Phi) is 7.11. The molecule has 4 nitrogen and oxygen atoms in total. The maximum Gasteiger partial charge on any atom is 0.222 e. The minimum atomic E-state index is -0.0594. The van der Waals surface area contributed by atoms with Crippen LogP contribution in [-0.4, -0.2) is 36.3 Å². The highest BCUT2D eigenvalue weighted by molar-refractivity contribution is 5.78. The molecule has 2 amide bonds. The molecule has 1 aromatic rings. The minimum Gasteiger partial charge on any atom is -0.353 e. The lowest BCUT2D eigenvalue weighted by Crippen LogP contribution is -2.35. The molecule has 0 aromatic heterocycles. The maximum absolute atomic E-state index is 11.6. The quantitative estimate of drug-likeness (QED) is 0.734. The Morgan fingerprint density at radius 2 is 1.95 bits per heavy atom. The molecule has 20 heavy (non-hydrogen) atoms. The zero-order valence-electron chi connectivity index (χ0n) is 12.0. The number of carbonyl (C=O) groups is 2. The van der Waals surface area contributed by atoms with Crippen molar-refractivity contribution in [2.45, 2.75) is 19.8 Å². The highest BCUT2D eigenvalue weighted by atomic mass is 16.2. The van der Waals surface area contributed by atoms with E-state index >= 15 is 0 Å². The molecule has 108 valence electrons. The molecule has 0 fully saturated rings. The van der Waals surface area contributed by atoms with Crippen LogP contribution in [0.25, 0.3) is 0 Å². The number of nitrogens with zero attached hydrogens (tertiary/aromatic N) is 1. The first kappa shape index (κ1) is 16.0. The Morgan fingerprint density at radius 1 is 1.25 bits per heavy atom. The number of amides is 2. The van der Waals surface area contributed by atoms with Crippen molar-refractivity contribution in [3.05, 3.63) is 48.6 Å². The molecular weight excluding hydrogens is 252 g/mol. The molecule has 0 saturated carbocycles. The van der Waals surface area contributed by atoms with Gasteiger partial charge in [0.15, 0.2) is 0 Å². The van der Waals surface area contributed by atoms with Gasteiger partial charge in [0.05, 0.1) is 0 Å². The van der Waals surface area contributed by atoms with Crippen LogP contribution in [0.2, 0.25) is 0 Å². The van der Waals surface area contributed by atoms with Crippen molar-refractivity contribution in [2.75, 3.05) is 19.6 Å². The fraction of sp³-hybridized carbons (Fsp3) is 0.375. The van der Waals surface area contributed by atoms with E-state index in [9.17, 15) is 9.59 Å². The fourth-order valence-electron chi connectivity index (χ4n) is 1.85. The molecule has 0 atom stereocenters. The first-order valence-corrected chi connectivity index (χ1v) is 6.80. The van der Waals surface area contributed by atoms with Gasteiger partial charge in [0.1, 0.15) is 0 Å². The van der Waals surface area contributed by atoms with E-state index in [-0.39, 0.29) is 11.8 Å². The van der Waals surface area contributed by atoms with E-state index in [1.165, 1.54) is 12.5 Å².